The lowest BCUT2D eigenvalue weighted by molar-refractivity contribution is -0.189. The summed E-state index contributed by atoms with van der Waals surface area (Å²) in [5.41, 5.74) is -2.04. The smallest absolute Gasteiger partial charge is 0.429 e. The van der Waals surface area contributed by atoms with E-state index in [9.17, 15) is 30.7 Å². The molecule has 5 aromatic rings. The molecule has 0 aliphatic heterocycles. The molecule has 5 rings (SSSR count). The number of aromatic nitrogens is 2. The molecule has 0 atom stereocenters. The van der Waals surface area contributed by atoms with Gasteiger partial charge < -0.3 is 4.74 Å². The molecule has 0 saturated carbocycles. The van der Waals surface area contributed by atoms with Crippen LogP contribution in [0.15, 0.2) is 85.7 Å². The van der Waals surface area contributed by atoms with Gasteiger partial charge in [-0.1, -0.05) is 29.8 Å². The minimum Gasteiger partial charge on any atom is -0.429 e. The van der Waals surface area contributed by atoms with Gasteiger partial charge in [-0.05, 0) is 72.0 Å². The van der Waals surface area contributed by atoms with Crippen molar-refractivity contribution in [3.05, 3.63) is 137 Å². The molecule has 0 fully saturated rings. The Morgan fingerprint density at radius 2 is 1.20 bits per heavy atom. The summed E-state index contributed by atoms with van der Waals surface area (Å²) in [6.45, 7) is 3.64. The van der Waals surface area contributed by atoms with Crippen LogP contribution in [0.1, 0.15) is 17.5 Å². The van der Waals surface area contributed by atoms with Crippen molar-refractivity contribution in [1.82, 2.24) is 9.97 Å². The van der Waals surface area contributed by atoms with E-state index < -0.39 is 57.3 Å². The number of nitrogens with zero attached hydrogens (tertiary/aromatic N) is 2. The Bertz CT molecular complexity index is 1870. The maximum atomic E-state index is 15.0. The Morgan fingerprint density at radius 3 is 1.73 bits per heavy atom. The van der Waals surface area contributed by atoms with Crippen molar-refractivity contribution in [2.45, 2.75) is 19.0 Å². The van der Waals surface area contributed by atoms with Crippen LogP contribution in [0.3, 0.4) is 0 Å². The summed E-state index contributed by atoms with van der Waals surface area (Å²) in [5, 5.41) is -0.816. The van der Waals surface area contributed by atoms with Crippen molar-refractivity contribution in [2.24, 2.45) is 0 Å². The van der Waals surface area contributed by atoms with E-state index >= 15 is 4.39 Å². The summed E-state index contributed by atoms with van der Waals surface area (Å²) in [6, 6.07) is 8.28. The van der Waals surface area contributed by atoms with Crippen LogP contribution < -0.4 is 4.74 Å². The second-order valence-electron chi connectivity index (χ2n) is 9.77. The normalized spacial score (nSPS) is 11.5. The molecule has 45 heavy (non-hydrogen) atoms. The van der Waals surface area contributed by atoms with Crippen LogP contribution >= 0.6 is 11.6 Å². The Balaban J connectivity index is 1.38. The highest BCUT2D eigenvalue weighted by atomic mass is 35.5. The monoisotopic (exact) mass is 646 g/mol. The van der Waals surface area contributed by atoms with Crippen molar-refractivity contribution < 1.29 is 39.9 Å². The molecular weight excluding hydrogens is 628 g/mol. The molecule has 0 aliphatic rings. The SMILES string of the molecule is C=CCCc1cnc(-c2ccc(-c3cc(F)c(C(F)(F)Oc4ccc(-c5cc(F)c(Cl)c(F)c5)c(F)c4)c(F)c3)c(F)c2)nc1. The van der Waals surface area contributed by atoms with Crippen molar-refractivity contribution in [3.63, 3.8) is 0 Å². The molecule has 0 amide bonds. The summed E-state index contributed by atoms with van der Waals surface area (Å²) >= 11 is 5.42. The molecule has 1 heterocycles. The van der Waals surface area contributed by atoms with Crippen LogP contribution in [0.4, 0.5) is 35.1 Å². The number of allylic oxidation sites excluding steroid dienone is 1. The van der Waals surface area contributed by atoms with Crippen LogP contribution in [0.25, 0.3) is 33.6 Å². The molecule has 1 aromatic heterocycles. The number of aryl methyl sites for hydroxylation is 1. The van der Waals surface area contributed by atoms with E-state index in [2.05, 4.69) is 21.3 Å². The minimum absolute atomic E-state index is 0.198. The number of alkyl halides is 2. The standard InChI is InChI=1S/C33H19ClF8N2O/c1-2-3-4-17-15-43-32(44-16-17)18-5-7-22(24(35)9-18)19-10-26(37)30(27(38)11-19)33(41,42)45-21-6-8-23(25(36)14-21)20-12-28(39)31(34)29(40)13-20/h2,5-16H,1,3-4H2. The lowest BCUT2D eigenvalue weighted by atomic mass is 10.00. The highest BCUT2D eigenvalue weighted by Crippen LogP contribution is 2.39. The second-order valence-corrected chi connectivity index (χ2v) is 10.1. The first-order valence-electron chi connectivity index (χ1n) is 13.1. The van der Waals surface area contributed by atoms with Crippen molar-refractivity contribution >= 4 is 11.6 Å². The number of hydrogen-bond donors (Lipinski definition) is 0. The van der Waals surface area contributed by atoms with Crippen LogP contribution in [0.2, 0.25) is 5.02 Å². The fourth-order valence-electron chi connectivity index (χ4n) is 4.50. The first-order chi connectivity index (χ1) is 21.4. The summed E-state index contributed by atoms with van der Waals surface area (Å²) < 4.78 is 122. The zero-order valence-corrected chi connectivity index (χ0v) is 23.6. The van der Waals surface area contributed by atoms with E-state index in [0.717, 1.165) is 42.3 Å². The fraction of sp³-hybridized carbons (Fsp3) is 0.0909. The van der Waals surface area contributed by atoms with Gasteiger partial charge in [0.2, 0.25) is 0 Å². The van der Waals surface area contributed by atoms with Gasteiger partial charge in [0.15, 0.2) is 5.82 Å². The lowest BCUT2D eigenvalue weighted by Gasteiger charge is -2.20. The molecule has 0 saturated heterocycles. The van der Waals surface area contributed by atoms with Crippen molar-refractivity contribution in [1.29, 1.82) is 0 Å². The first-order valence-corrected chi connectivity index (χ1v) is 13.5. The molecule has 0 spiro atoms. The molecule has 0 radical (unpaired) electrons. The van der Waals surface area contributed by atoms with Gasteiger partial charge in [0.1, 0.15) is 51.2 Å². The average Bonchev–Trinajstić information content (AvgIpc) is 2.98. The number of ether oxygens (including phenoxy) is 1. The highest BCUT2D eigenvalue weighted by Gasteiger charge is 2.41. The Hall–Kier alpha value is -4.77. The largest absolute Gasteiger partial charge is 0.432 e. The summed E-state index contributed by atoms with van der Waals surface area (Å²) in [7, 11) is 0. The summed E-state index contributed by atoms with van der Waals surface area (Å²) in [4.78, 5) is 8.39. The van der Waals surface area contributed by atoms with Gasteiger partial charge >= 0.3 is 6.11 Å². The predicted molar refractivity (Wildman–Crippen MR) is 153 cm³/mol. The third-order valence-electron chi connectivity index (χ3n) is 6.70. The molecule has 0 unspecified atom stereocenters. The number of rotatable bonds is 9. The van der Waals surface area contributed by atoms with E-state index in [1.807, 2.05) is 0 Å². The van der Waals surface area contributed by atoms with E-state index in [4.69, 9.17) is 11.6 Å². The Labute approximate surface area is 256 Å². The number of hydrogen-bond acceptors (Lipinski definition) is 3. The maximum absolute atomic E-state index is 15.0. The van der Waals surface area contributed by atoms with Gasteiger partial charge in [-0.3, -0.25) is 0 Å². The summed E-state index contributed by atoms with van der Waals surface area (Å²) in [5.74, 6) is -8.68. The van der Waals surface area contributed by atoms with Gasteiger partial charge in [-0.2, -0.15) is 8.78 Å². The van der Waals surface area contributed by atoms with E-state index in [1.165, 1.54) is 12.1 Å². The molecule has 230 valence electrons. The molecule has 0 N–H and O–H groups in total. The van der Waals surface area contributed by atoms with E-state index in [-0.39, 0.29) is 33.6 Å². The van der Waals surface area contributed by atoms with Crippen LogP contribution in [0, 0.1) is 34.9 Å². The maximum Gasteiger partial charge on any atom is 0.432 e. The fourth-order valence-corrected chi connectivity index (χ4v) is 4.61. The van der Waals surface area contributed by atoms with Gasteiger partial charge in [-0.15, -0.1) is 6.58 Å². The number of benzene rings is 4. The van der Waals surface area contributed by atoms with Crippen LogP contribution in [0.5, 0.6) is 5.75 Å². The molecule has 0 bridgehead atoms. The Kier molecular flexibility index (Phi) is 8.92. The quantitative estimate of drug-likeness (QED) is 0.0908. The van der Waals surface area contributed by atoms with Gasteiger partial charge in [-0.25, -0.2) is 36.3 Å². The molecule has 12 heteroatoms. The first kappa shape index (κ1) is 31.6. The molecule has 3 nitrogen and oxygen atoms in total. The van der Waals surface area contributed by atoms with Crippen LogP contribution in [-0.4, -0.2) is 9.97 Å². The van der Waals surface area contributed by atoms with Gasteiger partial charge in [0, 0.05) is 35.2 Å². The highest BCUT2D eigenvalue weighted by molar-refractivity contribution is 6.31. The van der Waals surface area contributed by atoms with Crippen molar-refractivity contribution in [2.75, 3.05) is 0 Å². The summed E-state index contributed by atoms with van der Waals surface area (Å²) in [6.07, 6.45) is 1.64. The van der Waals surface area contributed by atoms with E-state index in [0.29, 0.717) is 24.6 Å². The molecule has 0 aliphatic carbocycles. The second kappa shape index (κ2) is 12.7. The van der Waals surface area contributed by atoms with Gasteiger partial charge in [0.05, 0.1) is 0 Å². The van der Waals surface area contributed by atoms with Crippen molar-refractivity contribution in [3.8, 4) is 39.4 Å². The van der Waals surface area contributed by atoms with E-state index in [1.54, 1.807) is 18.5 Å². The number of halogens is 9. The molecule has 4 aromatic carbocycles. The lowest BCUT2D eigenvalue weighted by Crippen LogP contribution is -2.25. The topological polar surface area (TPSA) is 35.0 Å². The zero-order valence-electron chi connectivity index (χ0n) is 22.8. The average molecular weight is 647 g/mol. The molecular formula is C33H19ClF8N2O. The third-order valence-corrected chi connectivity index (χ3v) is 7.06. The predicted octanol–water partition coefficient (Wildman–Crippen LogP) is 10.2. The third kappa shape index (κ3) is 6.68. The zero-order chi connectivity index (χ0) is 32.5. The van der Waals surface area contributed by atoms with Crippen LogP contribution in [-0.2, 0) is 12.5 Å². The van der Waals surface area contributed by atoms with Gasteiger partial charge in [0.25, 0.3) is 0 Å². The minimum atomic E-state index is -4.66. The Morgan fingerprint density at radius 1 is 0.689 bits per heavy atom.